The summed E-state index contributed by atoms with van der Waals surface area (Å²) in [6.07, 6.45) is 1.99. The van der Waals surface area contributed by atoms with Gasteiger partial charge in [-0.05, 0) is 44.2 Å². The van der Waals surface area contributed by atoms with E-state index >= 15 is 0 Å². The first-order valence-corrected chi connectivity index (χ1v) is 7.62. The molecule has 1 saturated heterocycles. The SMILES string of the molecule is CNC1CCN(C(=O)c2cc3cc(Br)ccc3o2)CC1. The molecule has 2 heterocycles. The minimum absolute atomic E-state index is 0.00752. The van der Waals surface area contributed by atoms with Gasteiger partial charge in [-0.1, -0.05) is 15.9 Å². The Kier molecular flexibility index (Phi) is 3.81. The third kappa shape index (κ3) is 2.60. The Bertz CT molecular complexity index is 630. The number of carbonyl (C=O) groups excluding carboxylic acids is 1. The monoisotopic (exact) mass is 336 g/mol. The molecule has 1 aliphatic rings. The predicted octanol–water partition coefficient (Wildman–Crippen LogP) is 3.02. The Labute approximate surface area is 126 Å². The highest BCUT2D eigenvalue weighted by Gasteiger charge is 2.24. The number of furan rings is 1. The van der Waals surface area contributed by atoms with Crippen LogP contribution in [0.25, 0.3) is 11.0 Å². The molecular weight excluding hydrogens is 320 g/mol. The zero-order chi connectivity index (χ0) is 14.1. The molecule has 1 aliphatic heterocycles. The van der Waals surface area contributed by atoms with E-state index in [1.807, 2.05) is 36.2 Å². The summed E-state index contributed by atoms with van der Waals surface area (Å²) in [5.41, 5.74) is 0.752. The molecular formula is C15H17BrN2O2. The van der Waals surface area contributed by atoms with E-state index in [1.54, 1.807) is 0 Å². The predicted molar refractivity (Wildman–Crippen MR) is 81.9 cm³/mol. The molecule has 0 radical (unpaired) electrons. The molecule has 0 unspecified atom stereocenters. The summed E-state index contributed by atoms with van der Waals surface area (Å²) in [5, 5.41) is 4.22. The minimum Gasteiger partial charge on any atom is -0.451 e. The molecule has 0 saturated carbocycles. The van der Waals surface area contributed by atoms with Crippen molar-refractivity contribution in [2.24, 2.45) is 0 Å². The van der Waals surface area contributed by atoms with Gasteiger partial charge in [-0.15, -0.1) is 0 Å². The number of nitrogens with zero attached hydrogens (tertiary/aromatic N) is 1. The maximum atomic E-state index is 12.4. The summed E-state index contributed by atoms with van der Waals surface area (Å²) < 4.78 is 6.65. The van der Waals surface area contributed by atoms with E-state index in [0.29, 0.717) is 11.8 Å². The van der Waals surface area contributed by atoms with Crippen LogP contribution in [0.5, 0.6) is 0 Å². The van der Waals surface area contributed by atoms with Gasteiger partial charge in [-0.3, -0.25) is 4.79 Å². The lowest BCUT2D eigenvalue weighted by Crippen LogP contribution is -2.43. The van der Waals surface area contributed by atoms with E-state index in [9.17, 15) is 4.79 Å². The van der Waals surface area contributed by atoms with Gasteiger partial charge in [-0.25, -0.2) is 0 Å². The number of nitrogens with one attached hydrogen (secondary N) is 1. The van der Waals surface area contributed by atoms with E-state index in [-0.39, 0.29) is 5.91 Å². The van der Waals surface area contributed by atoms with Crippen molar-refractivity contribution in [3.05, 3.63) is 34.5 Å². The van der Waals surface area contributed by atoms with Crippen LogP contribution in [0.2, 0.25) is 0 Å². The summed E-state index contributed by atoms with van der Waals surface area (Å²) in [6.45, 7) is 1.57. The third-order valence-corrected chi connectivity index (χ3v) is 4.37. The zero-order valence-electron chi connectivity index (χ0n) is 11.4. The van der Waals surface area contributed by atoms with E-state index in [1.165, 1.54) is 0 Å². The third-order valence-electron chi connectivity index (χ3n) is 3.88. The molecule has 0 atom stereocenters. The lowest BCUT2D eigenvalue weighted by Gasteiger charge is -2.31. The van der Waals surface area contributed by atoms with Gasteiger partial charge in [0.05, 0.1) is 0 Å². The average molecular weight is 337 g/mol. The fourth-order valence-electron chi connectivity index (χ4n) is 2.65. The second kappa shape index (κ2) is 5.58. The van der Waals surface area contributed by atoms with Gasteiger partial charge in [0.1, 0.15) is 5.58 Å². The summed E-state index contributed by atoms with van der Waals surface area (Å²) >= 11 is 3.43. The standard InChI is InChI=1S/C15H17BrN2O2/c1-17-12-4-6-18(7-5-12)15(19)14-9-10-8-11(16)2-3-13(10)20-14/h2-3,8-9,12,17H,4-7H2,1H3. The molecule has 1 aromatic heterocycles. The van der Waals surface area contributed by atoms with Crippen molar-refractivity contribution in [1.29, 1.82) is 0 Å². The van der Waals surface area contributed by atoms with Crippen molar-refractivity contribution >= 4 is 32.8 Å². The highest BCUT2D eigenvalue weighted by Crippen LogP contribution is 2.24. The summed E-state index contributed by atoms with van der Waals surface area (Å²) in [5.74, 6) is 0.424. The first-order chi connectivity index (χ1) is 9.67. The van der Waals surface area contributed by atoms with Gasteiger partial charge >= 0.3 is 0 Å². The molecule has 4 nitrogen and oxygen atoms in total. The van der Waals surface area contributed by atoms with Gasteiger partial charge in [-0.2, -0.15) is 0 Å². The molecule has 20 heavy (non-hydrogen) atoms. The molecule has 0 bridgehead atoms. The molecule has 1 aromatic carbocycles. The average Bonchev–Trinajstić information content (AvgIpc) is 2.89. The van der Waals surface area contributed by atoms with Crippen molar-refractivity contribution in [3.63, 3.8) is 0 Å². The van der Waals surface area contributed by atoms with Gasteiger partial charge in [0.15, 0.2) is 5.76 Å². The number of hydrogen-bond donors (Lipinski definition) is 1. The van der Waals surface area contributed by atoms with E-state index in [2.05, 4.69) is 21.2 Å². The molecule has 1 fully saturated rings. The molecule has 0 aliphatic carbocycles. The van der Waals surface area contributed by atoms with Crippen LogP contribution in [-0.2, 0) is 0 Å². The van der Waals surface area contributed by atoms with Crippen molar-refractivity contribution in [2.75, 3.05) is 20.1 Å². The molecule has 1 N–H and O–H groups in total. The summed E-state index contributed by atoms with van der Waals surface area (Å²) in [7, 11) is 1.97. The maximum Gasteiger partial charge on any atom is 0.289 e. The van der Waals surface area contributed by atoms with Crippen LogP contribution in [0.3, 0.4) is 0 Å². The molecule has 2 aromatic rings. The van der Waals surface area contributed by atoms with Crippen LogP contribution in [0.15, 0.2) is 33.2 Å². The number of fused-ring (bicyclic) bond motifs is 1. The number of hydrogen-bond acceptors (Lipinski definition) is 3. The molecule has 3 rings (SSSR count). The number of rotatable bonds is 2. The van der Waals surface area contributed by atoms with Crippen molar-refractivity contribution in [2.45, 2.75) is 18.9 Å². The first kappa shape index (κ1) is 13.6. The van der Waals surface area contributed by atoms with Crippen LogP contribution >= 0.6 is 15.9 Å². The van der Waals surface area contributed by atoms with E-state index < -0.39 is 0 Å². The van der Waals surface area contributed by atoms with E-state index in [0.717, 1.165) is 41.4 Å². The number of likely N-dealkylation sites (tertiary alicyclic amines) is 1. The largest absolute Gasteiger partial charge is 0.451 e. The van der Waals surface area contributed by atoms with Gasteiger partial charge in [0.25, 0.3) is 5.91 Å². The van der Waals surface area contributed by atoms with Crippen LogP contribution in [0.1, 0.15) is 23.4 Å². The highest BCUT2D eigenvalue weighted by atomic mass is 79.9. The Morgan fingerprint density at radius 3 is 2.80 bits per heavy atom. The van der Waals surface area contributed by atoms with Crippen LogP contribution < -0.4 is 5.32 Å². The number of carbonyl (C=O) groups is 1. The second-order valence-electron chi connectivity index (χ2n) is 5.15. The number of benzene rings is 1. The Morgan fingerprint density at radius 2 is 2.10 bits per heavy atom. The smallest absolute Gasteiger partial charge is 0.289 e. The Morgan fingerprint density at radius 1 is 1.35 bits per heavy atom. The van der Waals surface area contributed by atoms with Crippen LogP contribution in [-0.4, -0.2) is 37.0 Å². The fraction of sp³-hybridized carbons (Fsp3) is 0.400. The Hall–Kier alpha value is -1.33. The molecule has 106 valence electrons. The van der Waals surface area contributed by atoms with E-state index in [4.69, 9.17) is 4.42 Å². The van der Waals surface area contributed by atoms with Gasteiger partial charge in [0.2, 0.25) is 0 Å². The topological polar surface area (TPSA) is 45.5 Å². The number of amides is 1. The van der Waals surface area contributed by atoms with Crippen LogP contribution in [0, 0.1) is 0 Å². The summed E-state index contributed by atoms with van der Waals surface area (Å²) in [4.78, 5) is 14.3. The summed E-state index contributed by atoms with van der Waals surface area (Å²) in [6, 6.07) is 8.10. The minimum atomic E-state index is -0.00752. The molecule has 1 amide bonds. The highest BCUT2D eigenvalue weighted by molar-refractivity contribution is 9.10. The molecule has 0 spiro atoms. The van der Waals surface area contributed by atoms with Crippen molar-refractivity contribution in [1.82, 2.24) is 10.2 Å². The van der Waals surface area contributed by atoms with Crippen molar-refractivity contribution in [3.8, 4) is 0 Å². The normalized spacial score (nSPS) is 16.8. The quantitative estimate of drug-likeness (QED) is 0.916. The van der Waals surface area contributed by atoms with Crippen LogP contribution in [0.4, 0.5) is 0 Å². The first-order valence-electron chi connectivity index (χ1n) is 6.83. The van der Waals surface area contributed by atoms with Gasteiger partial charge in [0, 0.05) is 29.0 Å². The lowest BCUT2D eigenvalue weighted by atomic mass is 10.1. The fourth-order valence-corrected chi connectivity index (χ4v) is 3.03. The second-order valence-corrected chi connectivity index (χ2v) is 6.06. The maximum absolute atomic E-state index is 12.4. The zero-order valence-corrected chi connectivity index (χ0v) is 12.9. The Balaban J connectivity index is 1.79. The number of halogens is 1. The number of piperidine rings is 1. The van der Waals surface area contributed by atoms with Crippen molar-refractivity contribution < 1.29 is 9.21 Å². The molecule has 5 heteroatoms. The van der Waals surface area contributed by atoms with Gasteiger partial charge < -0.3 is 14.6 Å². The lowest BCUT2D eigenvalue weighted by molar-refractivity contribution is 0.0677.